The monoisotopic (exact) mass is 388 g/mol. The molecule has 1 amide bonds. The summed E-state index contributed by atoms with van der Waals surface area (Å²) >= 11 is 0. The summed E-state index contributed by atoms with van der Waals surface area (Å²) in [6.07, 6.45) is 10.0. The average molecular weight is 389 g/mol. The summed E-state index contributed by atoms with van der Waals surface area (Å²) < 4.78 is 2.08. The number of aromatic nitrogens is 2. The van der Waals surface area contributed by atoms with E-state index < -0.39 is 0 Å². The Balaban J connectivity index is 1.52. The Hall–Kier alpha value is -1.40. The maximum Gasteiger partial charge on any atom is 0.274 e. The minimum absolute atomic E-state index is 0.157. The summed E-state index contributed by atoms with van der Waals surface area (Å²) in [5.74, 6) is 0.628. The van der Waals surface area contributed by atoms with Gasteiger partial charge in [0, 0.05) is 43.5 Å². The van der Waals surface area contributed by atoms with Crippen molar-refractivity contribution in [2.24, 2.45) is 5.92 Å². The number of fused-ring (bicyclic) bond motifs is 1. The first-order valence-corrected chi connectivity index (χ1v) is 11.4. The van der Waals surface area contributed by atoms with Crippen LogP contribution in [-0.2, 0) is 19.4 Å². The van der Waals surface area contributed by atoms with Crippen LogP contribution >= 0.6 is 0 Å². The molecule has 1 aromatic heterocycles. The molecule has 1 unspecified atom stereocenters. The lowest BCUT2D eigenvalue weighted by Crippen LogP contribution is -2.45. The van der Waals surface area contributed by atoms with E-state index in [9.17, 15) is 9.90 Å². The number of aliphatic hydroxyl groups excluding tert-OH is 1. The number of nitrogens with zero attached hydrogens (tertiary/aromatic N) is 4. The molecule has 0 spiro atoms. The fourth-order valence-corrected chi connectivity index (χ4v) is 5.34. The van der Waals surface area contributed by atoms with Gasteiger partial charge in [0.15, 0.2) is 5.69 Å². The van der Waals surface area contributed by atoms with E-state index >= 15 is 0 Å². The van der Waals surface area contributed by atoms with Crippen LogP contribution < -0.4 is 0 Å². The molecule has 2 fully saturated rings. The third kappa shape index (κ3) is 3.99. The van der Waals surface area contributed by atoms with Gasteiger partial charge in [-0.15, -0.1) is 0 Å². The summed E-state index contributed by atoms with van der Waals surface area (Å²) in [7, 11) is 0. The van der Waals surface area contributed by atoms with Gasteiger partial charge in [-0.25, -0.2) is 0 Å². The third-order valence-electron chi connectivity index (χ3n) is 7.14. The highest BCUT2D eigenvalue weighted by Gasteiger charge is 2.34. The van der Waals surface area contributed by atoms with Gasteiger partial charge in [0.2, 0.25) is 0 Å². The minimum Gasteiger partial charge on any atom is -0.396 e. The number of aliphatic hydroxyl groups is 1. The van der Waals surface area contributed by atoms with Crippen LogP contribution in [0.1, 0.15) is 73.6 Å². The summed E-state index contributed by atoms with van der Waals surface area (Å²) in [5, 5.41) is 14.2. The second-order valence-corrected chi connectivity index (χ2v) is 8.85. The van der Waals surface area contributed by atoms with Crippen LogP contribution in [0.25, 0.3) is 0 Å². The van der Waals surface area contributed by atoms with Crippen molar-refractivity contribution in [3.63, 3.8) is 0 Å². The van der Waals surface area contributed by atoms with Gasteiger partial charge in [-0.3, -0.25) is 9.48 Å². The Labute approximate surface area is 168 Å². The van der Waals surface area contributed by atoms with Crippen molar-refractivity contribution in [1.29, 1.82) is 0 Å². The zero-order chi connectivity index (χ0) is 19.5. The van der Waals surface area contributed by atoms with E-state index in [0.29, 0.717) is 18.6 Å². The predicted molar refractivity (Wildman–Crippen MR) is 109 cm³/mol. The number of piperidine rings is 1. The Bertz CT molecular complexity index is 670. The van der Waals surface area contributed by atoms with Crippen molar-refractivity contribution in [1.82, 2.24) is 19.6 Å². The van der Waals surface area contributed by atoms with E-state index in [1.165, 1.54) is 24.1 Å². The van der Waals surface area contributed by atoms with Gasteiger partial charge in [-0.2, -0.15) is 5.10 Å². The van der Waals surface area contributed by atoms with E-state index in [2.05, 4.69) is 16.5 Å². The molecule has 6 nitrogen and oxygen atoms in total. The fraction of sp³-hybridized carbons (Fsp3) is 0.818. The molecule has 2 aliphatic heterocycles. The quantitative estimate of drug-likeness (QED) is 0.861. The Morgan fingerprint density at radius 2 is 1.79 bits per heavy atom. The number of rotatable bonds is 4. The van der Waals surface area contributed by atoms with E-state index in [1.807, 2.05) is 4.90 Å². The maximum atomic E-state index is 13.3. The summed E-state index contributed by atoms with van der Waals surface area (Å²) in [5.41, 5.74) is 3.24. The molecular weight excluding hydrogens is 352 g/mol. The Kier molecular flexibility index (Phi) is 6.36. The van der Waals surface area contributed by atoms with E-state index in [1.54, 1.807) is 0 Å². The first kappa shape index (κ1) is 19.9. The second kappa shape index (κ2) is 8.95. The molecule has 6 heteroatoms. The lowest BCUT2D eigenvalue weighted by atomic mass is 9.87. The molecule has 1 N–H and O–H groups in total. The number of carbonyl (C=O) groups is 1. The molecule has 2 saturated heterocycles. The molecule has 0 aromatic carbocycles. The number of amides is 1. The molecule has 1 aliphatic carbocycles. The molecule has 0 saturated carbocycles. The largest absolute Gasteiger partial charge is 0.396 e. The van der Waals surface area contributed by atoms with Crippen molar-refractivity contribution in [2.45, 2.75) is 77.3 Å². The topological polar surface area (TPSA) is 61.6 Å². The first-order chi connectivity index (χ1) is 13.7. The normalized spacial score (nSPS) is 24.8. The summed E-state index contributed by atoms with van der Waals surface area (Å²) in [6.45, 7) is 7.18. The molecule has 156 valence electrons. The van der Waals surface area contributed by atoms with E-state index in [-0.39, 0.29) is 5.91 Å². The van der Waals surface area contributed by atoms with Crippen LogP contribution in [0.5, 0.6) is 0 Å². The summed E-state index contributed by atoms with van der Waals surface area (Å²) in [4.78, 5) is 18.0. The lowest BCUT2D eigenvalue weighted by molar-refractivity contribution is 0.0750. The molecule has 28 heavy (non-hydrogen) atoms. The number of hydrogen-bond acceptors (Lipinski definition) is 4. The average Bonchev–Trinajstić information content (AvgIpc) is 2.90. The molecule has 0 radical (unpaired) electrons. The second-order valence-electron chi connectivity index (χ2n) is 8.85. The number of hydrogen-bond donors (Lipinski definition) is 1. The van der Waals surface area contributed by atoms with Crippen LogP contribution in [0, 0.1) is 5.92 Å². The highest BCUT2D eigenvalue weighted by atomic mass is 16.3. The van der Waals surface area contributed by atoms with Crippen molar-refractivity contribution in [3.8, 4) is 0 Å². The van der Waals surface area contributed by atoms with Crippen molar-refractivity contribution in [2.75, 3.05) is 32.8 Å². The van der Waals surface area contributed by atoms with Gasteiger partial charge >= 0.3 is 0 Å². The van der Waals surface area contributed by atoms with Gasteiger partial charge in [-0.05, 0) is 70.9 Å². The van der Waals surface area contributed by atoms with Crippen LogP contribution in [0.3, 0.4) is 0 Å². The third-order valence-corrected chi connectivity index (χ3v) is 7.14. The molecule has 3 aliphatic rings. The van der Waals surface area contributed by atoms with Crippen LogP contribution in [-0.4, -0.2) is 69.4 Å². The zero-order valence-electron chi connectivity index (χ0n) is 17.4. The van der Waals surface area contributed by atoms with Gasteiger partial charge in [0.25, 0.3) is 5.91 Å². The summed E-state index contributed by atoms with van der Waals surface area (Å²) in [6, 6.07) is 0.511. The SMILES string of the molecule is CCn1nc(C(=O)N2CCCCCC2)c2c1CCC(N1CCC(CO)CC1)C2. The molecule has 1 atom stereocenters. The standard InChI is InChI=1S/C22H36N4O2/c1-2-26-20-8-7-18(24-13-9-17(16-27)10-14-24)15-19(20)21(23-26)22(28)25-11-5-3-4-6-12-25/h17-18,27H,2-16H2,1H3. The number of carbonyl (C=O) groups excluding carboxylic acids is 1. The highest BCUT2D eigenvalue weighted by Crippen LogP contribution is 2.31. The van der Waals surface area contributed by atoms with E-state index in [4.69, 9.17) is 5.10 Å². The molecule has 1 aromatic rings. The lowest BCUT2D eigenvalue weighted by Gasteiger charge is -2.39. The first-order valence-electron chi connectivity index (χ1n) is 11.4. The fourth-order valence-electron chi connectivity index (χ4n) is 5.34. The molecular formula is C22H36N4O2. The maximum absolute atomic E-state index is 13.3. The molecule has 0 bridgehead atoms. The van der Waals surface area contributed by atoms with E-state index in [0.717, 1.165) is 83.4 Å². The van der Waals surface area contributed by atoms with Crippen LogP contribution in [0.15, 0.2) is 0 Å². The number of likely N-dealkylation sites (tertiary alicyclic amines) is 2. The smallest absolute Gasteiger partial charge is 0.274 e. The van der Waals surface area contributed by atoms with Crippen molar-refractivity contribution >= 4 is 5.91 Å². The van der Waals surface area contributed by atoms with Crippen molar-refractivity contribution < 1.29 is 9.90 Å². The van der Waals surface area contributed by atoms with Gasteiger partial charge in [0.1, 0.15) is 0 Å². The van der Waals surface area contributed by atoms with Gasteiger partial charge < -0.3 is 14.9 Å². The van der Waals surface area contributed by atoms with Gasteiger partial charge in [0.05, 0.1) is 0 Å². The Morgan fingerprint density at radius 3 is 2.43 bits per heavy atom. The Morgan fingerprint density at radius 1 is 1.07 bits per heavy atom. The van der Waals surface area contributed by atoms with Gasteiger partial charge in [-0.1, -0.05) is 12.8 Å². The number of aryl methyl sites for hydroxylation is 1. The van der Waals surface area contributed by atoms with Crippen LogP contribution in [0.2, 0.25) is 0 Å². The molecule has 4 rings (SSSR count). The predicted octanol–water partition coefficient (Wildman–Crippen LogP) is 2.48. The van der Waals surface area contributed by atoms with Crippen LogP contribution in [0.4, 0.5) is 0 Å². The zero-order valence-corrected chi connectivity index (χ0v) is 17.4. The minimum atomic E-state index is 0.157. The molecule has 3 heterocycles. The van der Waals surface area contributed by atoms with Crippen molar-refractivity contribution in [3.05, 3.63) is 17.0 Å². The highest BCUT2D eigenvalue weighted by molar-refractivity contribution is 5.94.